The van der Waals surface area contributed by atoms with Gasteiger partial charge in [0.25, 0.3) is 0 Å². The number of carbonyl (C=O) groups is 1. The van der Waals surface area contributed by atoms with E-state index in [1.807, 2.05) is 50.4 Å². The Kier molecular flexibility index (Phi) is 7.90. The maximum atomic E-state index is 12.4. The molecule has 0 aliphatic carbocycles. The summed E-state index contributed by atoms with van der Waals surface area (Å²) in [4.78, 5) is 14.5. The van der Waals surface area contributed by atoms with Gasteiger partial charge in [-0.3, -0.25) is 9.10 Å². The van der Waals surface area contributed by atoms with Crippen LogP contribution in [-0.4, -0.2) is 54.4 Å². The van der Waals surface area contributed by atoms with Crippen LogP contribution >= 0.6 is 0 Å². The smallest absolute Gasteiger partial charge is 0.240 e. The van der Waals surface area contributed by atoms with Crippen LogP contribution in [0.15, 0.2) is 48.5 Å². The fourth-order valence-corrected chi connectivity index (χ4v) is 3.77. The number of ether oxygens (including phenoxy) is 1. The number of para-hydroxylation sites is 1. The molecular weight excluding hydrogens is 390 g/mol. The number of nitrogens with zero attached hydrogens (tertiary/aromatic N) is 2. The zero-order valence-corrected chi connectivity index (χ0v) is 18.2. The van der Waals surface area contributed by atoms with Gasteiger partial charge in [-0.2, -0.15) is 0 Å². The second-order valence-corrected chi connectivity index (χ2v) is 8.81. The number of hydrogen-bond donors (Lipinski definition) is 1. The molecule has 0 heterocycles. The van der Waals surface area contributed by atoms with E-state index in [1.54, 1.807) is 12.1 Å². The minimum Gasteiger partial charge on any atom is -0.495 e. The molecule has 0 fully saturated rings. The van der Waals surface area contributed by atoms with Crippen molar-refractivity contribution < 1.29 is 17.9 Å². The van der Waals surface area contributed by atoms with Crippen LogP contribution < -0.4 is 19.3 Å². The molecule has 0 unspecified atom stereocenters. The van der Waals surface area contributed by atoms with Crippen molar-refractivity contribution in [1.82, 2.24) is 5.32 Å². The summed E-state index contributed by atoms with van der Waals surface area (Å²) in [6.07, 6.45) is 1.82. The lowest BCUT2D eigenvalue weighted by Gasteiger charge is -2.24. The number of benzene rings is 2. The van der Waals surface area contributed by atoms with Crippen LogP contribution in [0, 0.1) is 6.92 Å². The van der Waals surface area contributed by atoms with Gasteiger partial charge in [0.15, 0.2) is 0 Å². The van der Waals surface area contributed by atoms with Crippen molar-refractivity contribution >= 4 is 27.3 Å². The number of carbonyl (C=O) groups excluding carboxylic acids is 1. The van der Waals surface area contributed by atoms with E-state index in [0.717, 1.165) is 34.8 Å². The summed E-state index contributed by atoms with van der Waals surface area (Å²) in [6.45, 7) is 2.78. The zero-order valence-electron chi connectivity index (χ0n) is 17.4. The molecule has 0 radical (unpaired) electrons. The van der Waals surface area contributed by atoms with Crippen molar-refractivity contribution in [2.75, 3.05) is 49.3 Å². The van der Waals surface area contributed by atoms with Crippen LogP contribution in [0.2, 0.25) is 0 Å². The Morgan fingerprint density at radius 1 is 1.14 bits per heavy atom. The fourth-order valence-electron chi connectivity index (χ4n) is 2.92. The van der Waals surface area contributed by atoms with Gasteiger partial charge in [0.1, 0.15) is 12.3 Å². The Bertz CT molecular complexity index is 917. The van der Waals surface area contributed by atoms with Crippen molar-refractivity contribution in [3.05, 3.63) is 54.1 Å². The molecule has 0 aromatic heterocycles. The van der Waals surface area contributed by atoms with Crippen molar-refractivity contribution in [2.45, 2.75) is 13.3 Å². The molecule has 7 nitrogen and oxygen atoms in total. The van der Waals surface area contributed by atoms with Gasteiger partial charge in [-0.1, -0.05) is 24.3 Å². The highest BCUT2D eigenvalue weighted by molar-refractivity contribution is 7.92. The van der Waals surface area contributed by atoms with Gasteiger partial charge in [0, 0.05) is 25.8 Å². The maximum absolute atomic E-state index is 12.4. The Labute approximate surface area is 173 Å². The molecule has 29 heavy (non-hydrogen) atoms. The number of amides is 1. The molecule has 0 atom stereocenters. The molecule has 0 saturated heterocycles. The van der Waals surface area contributed by atoms with E-state index >= 15 is 0 Å². The molecule has 1 N–H and O–H groups in total. The lowest BCUT2D eigenvalue weighted by atomic mass is 10.2. The Morgan fingerprint density at radius 3 is 2.45 bits per heavy atom. The topological polar surface area (TPSA) is 79.0 Å². The van der Waals surface area contributed by atoms with Crippen LogP contribution in [-0.2, 0) is 14.8 Å². The first kappa shape index (κ1) is 22.5. The van der Waals surface area contributed by atoms with E-state index < -0.39 is 10.0 Å². The molecule has 0 aliphatic heterocycles. The van der Waals surface area contributed by atoms with Gasteiger partial charge in [-0.05, 0) is 43.2 Å². The molecule has 1 amide bonds. The SMILES string of the molecule is COc1ccc(C)cc1N(CC(=O)NCCCN(C)c1ccccc1)S(C)(=O)=O. The standard InChI is InChI=1S/C21H29N3O4S/c1-17-11-12-20(28-3)19(15-17)24(29(4,26)27)16-21(25)22-13-8-14-23(2)18-9-6-5-7-10-18/h5-7,9-12,15H,8,13-14,16H2,1-4H3,(H,22,25). The summed E-state index contributed by atoms with van der Waals surface area (Å²) in [7, 11) is -0.195. The average molecular weight is 420 g/mol. The number of aryl methyl sites for hydroxylation is 1. The van der Waals surface area contributed by atoms with Crippen molar-refractivity contribution in [2.24, 2.45) is 0 Å². The summed E-state index contributed by atoms with van der Waals surface area (Å²) < 4.78 is 31.0. The minimum atomic E-state index is -3.66. The number of methoxy groups -OCH3 is 1. The summed E-state index contributed by atoms with van der Waals surface area (Å²) in [5.74, 6) is 0.0414. The fraction of sp³-hybridized carbons (Fsp3) is 0.381. The number of nitrogens with one attached hydrogen (secondary N) is 1. The Morgan fingerprint density at radius 2 is 1.83 bits per heavy atom. The van der Waals surface area contributed by atoms with Gasteiger partial charge in [0.2, 0.25) is 15.9 Å². The van der Waals surface area contributed by atoms with E-state index in [9.17, 15) is 13.2 Å². The van der Waals surface area contributed by atoms with E-state index in [0.29, 0.717) is 18.0 Å². The van der Waals surface area contributed by atoms with Gasteiger partial charge in [-0.25, -0.2) is 8.42 Å². The molecule has 2 aromatic carbocycles. The average Bonchev–Trinajstić information content (AvgIpc) is 2.69. The lowest BCUT2D eigenvalue weighted by Crippen LogP contribution is -2.41. The molecule has 8 heteroatoms. The number of rotatable bonds is 10. The second kappa shape index (κ2) is 10.2. The third-order valence-electron chi connectivity index (χ3n) is 4.48. The second-order valence-electron chi connectivity index (χ2n) is 6.91. The van der Waals surface area contributed by atoms with Crippen molar-refractivity contribution in [3.63, 3.8) is 0 Å². The van der Waals surface area contributed by atoms with Gasteiger partial charge in [-0.15, -0.1) is 0 Å². The van der Waals surface area contributed by atoms with E-state index in [1.165, 1.54) is 7.11 Å². The molecule has 0 spiro atoms. The van der Waals surface area contributed by atoms with Gasteiger partial charge >= 0.3 is 0 Å². The number of sulfonamides is 1. The predicted octanol–water partition coefficient (Wildman–Crippen LogP) is 2.41. The van der Waals surface area contributed by atoms with Crippen molar-refractivity contribution in [1.29, 1.82) is 0 Å². The minimum absolute atomic E-state index is 0.298. The van der Waals surface area contributed by atoms with Crippen LogP contribution in [0.3, 0.4) is 0 Å². The summed E-state index contributed by atoms with van der Waals surface area (Å²) in [5, 5.41) is 2.80. The number of hydrogen-bond acceptors (Lipinski definition) is 5. The molecule has 158 valence electrons. The van der Waals surface area contributed by atoms with Crippen LogP contribution in [0.1, 0.15) is 12.0 Å². The molecule has 0 bridgehead atoms. The van der Waals surface area contributed by atoms with Gasteiger partial charge < -0.3 is 15.0 Å². The Hall–Kier alpha value is -2.74. The first-order chi connectivity index (χ1) is 13.7. The normalized spacial score (nSPS) is 11.0. The molecule has 2 rings (SSSR count). The monoisotopic (exact) mass is 419 g/mol. The van der Waals surface area contributed by atoms with Crippen molar-refractivity contribution in [3.8, 4) is 5.75 Å². The van der Waals surface area contributed by atoms with Gasteiger partial charge in [0.05, 0.1) is 19.1 Å². The number of anilines is 2. The highest BCUT2D eigenvalue weighted by atomic mass is 32.2. The largest absolute Gasteiger partial charge is 0.495 e. The summed E-state index contributed by atoms with van der Waals surface area (Å²) >= 11 is 0. The quantitative estimate of drug-likeness (QED) is 0.599. The van der Waals surface area contributed by atoms with Crippen LogP contribution in [0.25, 0.3) is 0 Å². The van der Waals surface area contributed by atoms with E-state index in [4.69, 9.17) is 4.74 Å². The third-order valence-corrected chi connectivity index (χ3v) is 5.61. The summed E-state index contributed by atoms with van der Waals surface area (Å²) in [5.41, 5.74) is 2.33. The highest BCUT2D eigenvalue weighted by Crippen LogP contribution is 2.30. The molecule has 2 aromatic rings. The summed E-state index contributed by atoms with van der Waals surface area (Å²) in [6, 6.07) is 15.2. The molecule has 0 aliphatic rings. The first-order valence-electron chi connectivity index (χ1n) is 9.37. The molecular formula is C21H29N3O4S. The van der Waals surface area contributed by atoms with Crippen LogP contribution in [0.4, 0.5) is 11.4 Å². The van der Waals surface area contributed by atoms with Crippen LogP contribution in [0.5, 0.6) is 5.75 Å². The van der Waals surface area contributed by atoms with E-state index in [-0.39, 0.29) is 12.5 Å². The Balaban J connectivity index is 1.95. The maximum Gasteiger partial charge on any atom is 0.240 e. The third kappa shape index (κ3) is 6.67. The predicted molar refractivity (Wildman–Crippen MR) is 117 cm³/mol. The lowest BCUT2D eigenvalue weighted by molar-refractivity contribution is -0.119. The zero-order chi connectivity index (χ0) is 21.4. The first-order valence-corrected chi connectivity index (χ1v) is 11.2. The molecule has 0 saturated carbocycles. The highest BCUT2D eigenvalue weighted by Gasteiger charge is 2.24. The van der Waals surface area contributed by atoms with E-state index in [2.05, 4.69) is 10.2 Å².